The first kappa shape index (κ1) is 21.3. The number of benzene rings is 2. The Labute approximate surface area is 163 Å². The van der Waals surface area contributed by atoms with E-state index in [1.54, 1.807) is 19.9 Å². The van der Waals surface area contributed by atoms with Crippen molar-refractivity contribution < 1.29 is 18.1 Å². The molecule has 0 aliphatic rings. The monoisotopic (exact) mass is 406 g/mol. The number of rotatable bonds is 9. The average Bonchev–Trinajstić information content (AvgIpc) is 2.68. The topological polar surface area (TPSA) is 122 Å². The minimum Gasteiger partial charge on any atom is -0.376 e. The number of sulfonamides is 1. The number of carbonyl (C=O) groups excluding carboxylic acids is 1. The van der Waals surface area contributed by atoms with Gasteiger partial charge in [-0.05, 0) is 30.3 Å². The van der Waals surface area contributed by atoms with Crippen molar-refractivity contribution in [1.29, 1.82) is 0 Å². The Morgan fingerprint density at radius 1 is 1.07 bits per heavy atom. The number of carbonyl (C=O) groups is 1. The predicted octanol–water partition coefficient (Wildman–Crippen LogP) is 2.68. The van der Waals surface area contributed by atoms with Crippen LogP contribution < -0.4 is 10.6 Å². The van der Waals surface area contributed by atoms with Gasteiger partial charge in [0, 0.05) is 36.6 Å². The first-order chi connectivity index (χ1) is 13.3. The number of nitrogens with zero attached hydrogens (tertiary/aromatic N) is 2. The highest BCUT2D eigenvalue weighted by molar-refractivity contribution is 7.89. The van der Waals surface area contributed by atoms with Gasteiger partial charge in [-0.25, -0.2) is 8.42 Å². The lowest BCUT2D eigenvalue weighted by Crippen LogP contribution is -2.30. The lowest BCUT2D eigenvalue weighted by atomic mass is 10.3. The second-order valence-corrected chi connectivity index (χ2v) is 7.76. The van der Waals surface area contributed by atoms with Crippen molar-refractivity contribution in [3.8, 4) is 0 Å². The maximum Gasteiger partial charge on any atom is 0.271 e. The molecule has 150 valence electrons. The predicted molar refractivity (Wildman–Crippen MR) is 107 cm³/mol. The quantitative estimate of drug-likeness (QED) is 0.488. The number of nitrogens with one attached hydrogen (secondary N) is 2. The zero-order valence-electron chi connectivity index (χ0n) is 15.6. The smallest absolute Gasteiger partial charge is 0.271 e. The van der Waals surface area contributed by atoms with Gasteiger partial charge < -0.3 is 10.6 Å². The number of hydrogen-bond donors (Lipinski definition) is 2. The van der Waals surface area contributed by atoms with Gasteiger partial charge in [0.15, 0.2) is 0 Å². The lowest BCUT2D eigenvalue weighted by molar-refractivity contribution is -0.384. The molecule has 0 aliphatic heterocycles. The standard InChI is InChI=1S/C18H22N4O5S/c1-3-21(4-2)28(26,27)17-10-8-14(9-11-17)20-18(23)13-19-15-6-5-7-16(12-15)22(24)25/h5-12,19H,3-4,13H2,1-2H3,(H,20,23). The molecule has 0 fully saturated rings. The third-order valence-electron chi connectivity index (χ3n) is 3.99. The van der Waals surface area contributed by atoms with E-state index >= 15 is 0 Å². The fourth-order valence-electron chi connectivity index (χ4n) is 2.54. The summed E-state index contributed by atoms with van der Waals surface area (Å²) in [4.78, 5) is 22.5. The molecule has 0 saturated carbocycles. The molecule has 2 N–H and O–H groups in total. The average molecular weight is 406 g/mol. The van der Waals surface area contributed by atoms with E-state index in [0.717, 1.165) is 0 Å². The number of nitro benzene ring substituents is 1. The van der Waals surface area contributed by atoms with Gasteiger partial charge in [-0.1, -0.05) is 19.9 Å². The number of nitro groups is 1. The minimum absolute atomic E-state index is 0.0737. The highest BCUT2D eigenvalue weighted by atomic mass is 32.2. The molecule has 0 unspecified atom stereocenters. The minimum atomic E-state index is -3.55. The van der Waals surface area contributed by atoms with Crippen LogP contribution in [0, 0.1) is 10.1 Å². The van der Waals surface area contributed by atoms with Gasteiger partial charge in [0.05, 0.1) is 16.4 Å². The second-order valence-electron chi connectivity index (χ2n) is 5.82. The highest BCUT2D eigenvalue weighted by Crippen LogP contribution is 2.19. The molecule has 9 nitrogen and oxygen atoms in total. The third kappa shape index (κ3) is 5.27. The Balaban J connectivity index is 1.98. The van der Waals surface area contributed by atoms with E-state index in [-0.39, 0.29) is 23.0 Å². The van der Waals surface area contributed by atoms with Crippen LogP contribution in [0.25, 0.3) is 0 Å². The molecule has 0 spiro atoms. The molecule has 28 heavy (non-hydrogen) atoms. The van der Waals surface area contributed by atoms with E-state index in [2.05, 4.69) is 10.6 Å². The summed E-state index contributed by atoms with van der Waals surface area (Å²) in [7, 11) is -3.55. The van der Waals surface area contributed by atoms with Crippen molar-refractivity contribution in [3.05, 3.63) is 58.6 Å². The summed E-state index contributed by atoms with van der Waals surface area (Å²) in [6.45, 7) is 4.19. The summed E-state index contributed by atoms with van der Waals surface area (Å²) < 4.78 is 26.2. The first-order valence-corrected chi connectivity index (χ1v) is 10.1. The summed E-state index contributed by atoms with van der Waals surface area (Å²) in [5, 5.41) is 16.2. The maximum absolute atomic E-state index is 12.4. The second kappa shape index (κ2) is 9.29. The van der Waals surface area contributed by atoms with Gasteiger partial charge >= 0.3 is 0 Å². The van der Waals surface area contributed by atoms with E-state index in [0.29, 0.717) is 24.5 Å². The van der Waals surface area contributed by atoms with Gasteiger partial charge in [0.1, 0.15) is 0 Å². The van der Waals surface area contributed by atoms with Gasteiger partial charge in [0.25, 0.3) is 5.69 Å². The van der Waals surface area contributed by atoms with Crippen molar-refractivity contribution in [2.24, 2.45) is 0 Å². The molecule has 0 radical (unpaired) electrons. The molecule has 0 bridgehead atoms. The normalized spacial score (nSPS) is 11.2. The zero-order chi connectivity index (χ0) is 20.7. The fraction of sp³-hybridized carbons (Fsp3) is 0.278. The summed E-state index contributed by atoms with van der Waals surface area (Å²) in [6.07, 6.45) is 0. The van der Waals surface area contributed by atoms with Crippen molar-refractivity contribution in [3.63, 3.8) is 0 Å². The molecule has 0 saturated heterocycles. The van der Waals surface area contributed by atoms with Crippen LogP contribution in [-0.4, -0.2) is 43.2 Å². The van der Waals surface area contributed by atoms with Crippen LogP contribution in [0.2, 0.25) is 0 Å². The summed E-state index contributed by atoms with van der Waals surface area (Å²) >= 11 is 0. The molecule has 10 heteroatoms. The van der Waals surface area contributed by atoms with Crippen molar-refractivity contribution >= 4 is 33.0 Å². The molecule has 2 rings (SSSR count). The first-order valence-electron chi connectivity index (χ1n) is 8.66. The Morgan fingerprint density at radius 2 is 1.71 bits per heavy atom. The van der Waals surface area contributed by atoms with Crippen LogP contribution in [0.3, 0.4) is 0 Å². The number of anilines is 2. The van der Waals surface area contributed by atoms with E-state index < -0.39 is 14.9 Å². The van der Waals surface area contributed by atoms with Gasteiger partial charge in [-0.3, -0.25) is 14.9 Å². The molecule has 0 aliphatic carbocycles. The Hall–Kier alpha value is -2.98. The molecule has 1 amide bonds. The molecule has 2 aromatic rings. The van der Waals surface area contributed by atoms with Gasteiger partial charge in [-0.15, -0.1) is 0 Å². The van der Waals surface area contributed by atoms with Crippen LogP contribution in [0.4, 0.5) is 17.1 Å². The van der Waals surface area contributed by atoms with E-state index in [4.69, 9.17) is 0 Å². The van der Waals surface area contributed by atoms with Crippen LogP contribution >= 0.6 is 0 Å². The van der Waals surface area contributed by atoms with E-state index in [9.17, 15) is 23.3 Å². The van der Waals surface area contributed by atoms with Gasteiger partial charge in [0.2, 0.25) is 15.9 Å². The molecular formula is C18H22N4O5S. The third-order valence-corrected chi connectivity index (χ3v) is 6.06. The van der Waals surface area contributed by atoms with E-state index in [1.165, 1.54) is 46.8 Å². The summed E-state index contributed by atoms with van der Waals surface area (Å²) in [5.74, 6) is -0.370. The van der Waals surface area contributed by atoms with Crippen LogP contribution in [0.1, 0.15) is 13.8 Å². The Morgan fingerprint density at radius 3 is 2.29 bits per heavy atom. The number of amides is 1. The van der Waals surface area contributed by atoms with E-state index in [1.807, 2.05) is 0 Å². The van der Waals surface area contributed by atoms with Crippen molar-refractivity contribution in [1.82, 2.24) is 4.31 Å². The summed E-state index contributed by atoms with van der Waals surface area (Å²) in [5.41, 5.74) is 0.824. The molecule has 0 atom stereocenters. The fourth-order valence-corrected chi connectivity index (χ4v) is 4.00. The number of non-ortho nitro benzene ring substituents is 1. The Bertz CT molecular complexity index is 941. The van der Waals surface area contributed by atoms with Crippen LogP contribution in [0.15, 0.2) is 53.4 Å². The highest BCUT2D eigenvalue weighted by Gasteiger charge is 2.21. The number of hydrogen-bond acceptors (Lipinski definition) is 6. The largest absolute Gasteiger partial charge is 0.376 e. The SMILES string of the molecule is CCN(CC)S(=O)(=O)c1ccc(NC(=O)CNc2cccc([N+](=O)[O-])c2)cc1. The van der Waals surface area contributed by atoms with Crippen LogP contribution in [-0.2, 0) is 14.8 Å². The molecule has 2 aromatic carbocycles. The molecular weight excluding hydrogens is 384 g/mol. The maximum atomic E-state index is 12.4. The summed E-state index contributed by atoms with van der Waals surface area (Å²) in [6, 6.07) is 11.7. The molecule has 0 aromatic heterocycles. The van der Waals surface area contributed by atoms with Crippen molar-refractivity contribution in [2.45, 2.75) is 18.7 Å². The van der Waals surface area contributed by atoms with Gasteiger partial charge in [-0.2, -0.15) is 4.31 Å². The zero-order valence-corrected chi connectivity index (χ0v) is 16.4. The van der Waals surface area contributed by atoms with Crippen molar-refractivity contribution in [2.75, 3.05) is 30.3 Å². The molecule has 0 heterocycles. The Kier molecular flexibility index (Phi) is 7.07. The lowest BCUT2D eigenvalue weighted by Gasteiger charge is -2.18. The van der Waals surface area contributed by atoms with Crippen LogP contribution in [0.5, 0.6) is 0 Å².